The predicted octanol–water partition coefficient (Wildman–Crippen LogP) is 3.57. The van der Waals surface area contributed by atoms with Gasteiger partial charge in [-0.05, 0) is 50.6 Å². The number of carbonyl (C=O) groups is 1. The molecule has 0 unspecified atom stereocenters. The monoisotopic (exact) mass is 232 g/mol. The Kier molecular flexibility index (Phi) is 2.84. The van der Waals surface area contributed by atoms with Gasteiger partial charge in [-0.25, -0.2) is 4.39 Å². The van der Waals surface area contributed by atoms with Crippen LogP contribution in [0.1, 0.15) is 33.0 Å². The Morgan fingerprint density at radius 2 is 1.82 bits per heavy atom. The van der Waals surface area contributed by atoms with Crippen LogP contribution in [-0.4, -0.2) is 5.78 Å². The number of aryl methyl sites for hydroxylation is 3. The molecule has 0 aliphatic rings. The first kappa shape index (κ1) is 11.6. The van der Waals surface area contributed by atoms with Gasteiger partial charge in [-0.1, -0.05) is 0 Å². The Balaban J connectivity index is 2.47. The standard InChI is InChI=1S/C14H13FO2/c1-8-4-11(7-12(15)5-8)14(16)13-6-9(2)17-10(13)3/h4-7H,1-3H3. The largest absolute Gasteiger partial charge is 0.466 e. The molecule has 0 saturated carbocycles. The van der Waals surface area contributed by atoms with Gasteiger partial charge in [-0.2, -0.15) is 0 Å². The summed E-state index contributed by atoms with van der Waals surface area (Å²) >= 11 is 0. The topological polar surface area (TPSA) is 30.2 Å². The van der Waals surface area contributed by atoms with Crippen molar-refractivity contribution in [3.8, 4) is 0 Å². The van der Waals surface area contributed by atoms with E-state index in [0.29, 0.717) is 22.6 Å². The van der Waals surface area contributed by atoms with Crippen molar-refractivity contribution in [1.82, 2.24) is 0 Å². The van der Waals surface area contributed by atoms with Crippen molar-refractivity contribution >= 4 is 5.78 Å². The third-order valence-electron chi connectivity index (χ3n) is 2.59. The van der Waals surface area contributed by atoms with Crippen LogP contribution in [0.3, 0.4) is 0 Å². The summed E-state index contributed by atoms with van der Waals surface area (Å²) in [6.45, 7) is 5.26. The van der Waals surface area contributed by atoms with E-state index in [4.69, 9.17) is 4.42 Å². The van der Waals surface area contributed by atoms with Crippen molar-refractivity contribution in [2.24, 2.45) is 0 Å². The lowest BCUT2D eigenvalue weighted by atomic mass is 10.0. The Bertz CT molecular complexity index is 562. The molecule has 0 fully saturated rings. The van der Waals surface area contributed by atoms with Gasteiger partial charge in [0.05, 0.1) is 5.56 Å². The van der Waals surface area contributed by atoms with Gasteiger partial charge in [-0.15, -0.1) is 0 Å². The van der Waals surface area contributed by atoms with Gasteiger partial charge < -0.3 is 4.42 Å². The highest BCUT2D eigenvalue weighted by Gasteiger charge is 2.16. The number of hydrogen-bond acceptors (Lipinski definition) is 2. The molecule has 0 spiro atoms. The second kappa shape index (κ2) is 4.17. The van der Waals surface area contributed by atoms with E-state index in [0.717, 1.165) is 5.56 Å². The maximum Gasteiger partial charge on any atom is 0.196 e. The molecule has 2 aromatic rings. The lowest BCUT2D eigenvalue weighted by molar-refractivity contribution is 0.103. The van der Waals surface area contributed by atoms with E-state index >= 15 is 0 Å². The third kappa shape index (κ3) is 2.28. The number of rotatable bonds is 2. The van der Waals surface area contributed by atoms with Crippen LogP contribution in [0, 0.1) is 26.6 Å². The van der Waals surface area contributed by atoms with Gasteiger partial charge in [0, 0.05) is 5.56 Å². The van der Waals surface area contributed by atoms with E-state index in [-0.39, 0.29) is 5.78 Å². The third-order valence-corrected chi connectivity index (χ3v) is 2.59. The molecule has 0 radical (unpaired) electrons. The highest BCUT2D eigenvalue weighted by Crippen LogP contribution is 2.19. The molecule has 2 nitrogen and oxygen atoms in total. The molecule has 0 saturated heterocycles. The summed E-state index contributed by atoms with van der Waals surface area (Å²) in [7, 11) is 0. The quantitative estimate of drug-likeness (QED) is 0.741. The molecule has 1 heterocycles. The number of furan rings is 1. The van der Waals surface area contributed by atoms with Crippen molar-refractivity contribution in [3.05, 3.63) is 58.3 Å². The fourth-order valence-corrected chi connectivity index (χ4v) is 1.88. The van der Waals surface area contributed by atoms with Crippen LogP contribution in [0.5, 0.6) is 0 Å². The Hall–Kier alpha value is -1.90. The number of ketones is 1. The Morgan fingerprint density at radius 3 is 2.35 bits per heavy atom. The van der Waals surface area contributed by atoms with Crippen LogP contribution in [-0.2, 0) is 0 Å². The van der Waals surface area contributed by atoms with Gasteiger partial charge in [0.15, 0.2) is 5.78 Å². The summed E-state index contributed by atoms with van der Waals surface area (Å²) in [6, 6.07) is 5.99. The number of halogens is 1. The molecule has 17 heavy (non-hydrogen) atoms. The number of benzene rings is 1. The highest BCUT2D eigenvalue weighted by molar-refractivity contribution is 6.09. The minimum Gasteiger partial charge on any atom is -0.466 e. The first-order valence-corrected chi connectivity index (χ1v) is 5.36. The van der Waals surface area contributed by atoms with Crippen LogP contribution in [0.15, 0.2) is 28.7 Å². The SMILES string of the molecule is Cc1cc(F)cc(C(=O)c2cc(C)oc2C)c1. The van der Waals surface area contributed by atoms with E-state index in [1.807, 2.05) is 0 Å². The van der Waals surface area contributed by atoms with Gasteiger partial charge >= 0.3 is 0 Å². The van der Waals surface area contributed by atoms with Crippen molar-refractivity contribution in [3.63, 3.8) is 0 Å². The van der Waals surface area contributed by atoms with Crippen LogP contribution in [0.25, 0.3) is 0 Å². The van der Waals surface area contributed by atoms with Crippen molar-refractivity contribution in [2.75, 3.05) is 0 Å². The highest BCUT2D eigenvalue weighted by atomic mass is 19.1. The Labute approximate surface area is 99.1 Å². The molecule has 1 aromatic carbocycles. The van der Waals surface area contributed by atoms with E-state index in [1.165, 1.54) is 12.1 Å². The zero-order valence-electron chi connectivity index (χ0n) is 10.0. The van der Waals surface area contributed by atoms with Crippen LogP contribution in [0.2, 0.25) is 0 Å². The van der Waals surface area contributed by atoms with Gasteiger partial charge in [0.1, 0.15) is 17.3 Å². The second-order valence-electron chi connectivity index (χ2n) is 4.17. The second-order valence-corrected chi connectivity index (χ2v) is 4.17. The average molecular weight is 232 g/mol. The minimum absolute atomic E-state index is 0.207. The molecular formula is C14H13FO2. The summed E-state index contributed by atoms with van der Waals surface area (Å²) in [4.78, 5) is 12.2. The number of carbonyl (C=O) groups excluding carboxylic acids is 1. The molecule has 0 aliphatic carbocycles. The summed E-state index contributed by atoms with van der Waals surface area (Å²) in [5, 5.41) is 0. The molecule has 0 amide bonds. The summed E-state index contributed by atoms with van der Waals surface area (Å²) in [6.07, 6.45) is 0. The Morgan fingerprint density at radius 1 is 1.12 bits per heavy atom. The fraction of sp³-hybridized carbons (Fsp3) is 0.214. The lowest BCUT2D eigenvalue weighted by Crippen LogP contribution is -2.02. The maximum absolute atomic E-state index is 13.2. The normalized spacial score (nSPS) is 10.6. The molecule has 0 aliphatic heterocycles. The predicted molar refractivity (Wildman–Crippen MR) is 62.8 cm³/mol. The van der Waals surface area contributed by atoms with Crippen molar-refractivity contribution in [1.29, 1.82) is 0 Å². The lowest BCUT2D eigenvalue weighted by Gasteiger charge is -2.01. The molecule has 88 valence electrons. The zero-order chi connectivity index (χ0) is 12.6. The fourth-order valence-electron chi connectivity index (χ4n) is 1.88. The van der Waals surface area contributed by atoms with Crippen LogP contribution in [0.4, 0.5) is 4.39 Å². The molecular weight excluding hydrogens is 219 g/mol. The van der Waals surface area contributed by atoms with E-state index < -0.39 is 5.82 Å². The van der Waals surface area contributed by atoms with E-state index in [9.17, 15) is 9.18 Å². The van der Waals surface area contributed by atoms with Crippen LogP contribution < -0.4 is 0 Å². The van der Waals surface area contributed by atoms with E-state index in [1.54, 1.807) is 32.9 Å². The smallest absolute Gasteiger partial charge is 0.196 e. The molecule has 0 N–H and O–H groups in total. The minimum atomic E-state index is -0.397. The summed E-state index contributed by atoms with van der Waals surface area (Å²) in [5.41, 5.74) is 1.57. The molecule has 0 atom stereocenters. The van der Waals surface area contributed by atoms with Gasteiger partial charge in [-0.3, -0.25) is 4.79 Å². The first-order valence-electron chi connectivity index (χ1n) is 5.36. The molecule has 2 rings (SSSR count). The molecule has 1 aromatic heterocycles. The molecule has 3 heteroatoms. The maximum atomic E-state index is 13.2. The van der Waals surface area contributed by atoms with Gasteiger partial charge in [0.2, 0.25) is 0 Å². The van der Waals surface area contributed by atoms with Crippen molar-refractivity contribution < 1.29 is 13.6 Å². The van der Waals surface area contributed by atoms with Crippen molar-refractivity contribution in [2.45, 2.75) is 20.8 Å². The number of hydrogen-bond donors (Lipinski definition) is 0. The summed E-state index contributed by atoms with van der Waals surface area (Å²) < 4.78 is 18.5. The summed E-state index contributed by atoms with van der Waals surface area (Å²) in [5.74, 6) is 0.640. The first-order chi connectivity index (χ1) is 7.97. The van der Waals surface area contributed by atoms with Gasteiger partial charge in [0.25, 0.3) is 0 Å². The average Bonchev–Trinajstić information content (AvgIpc) is 2.55. The van der Waals surface area contributed by atoms with Crippen LogP contribution >= 0.6 is 0 Å². The van der Waals surface area contributed by atoms with E-state index in [2.05, 4.69) is 0 Å². The molecule has 0 bridgehead atoms. The zero-order valence-corrected chi connectivity index (χ0v) is 10.0.